The monoisotopic (exact) mass is 327 g/mol. The molecule has 0 bridgehead atoms. The number of thioether (sulfide) groups is 1. The Bertz CT molecular complexity index is 462. The molecule has 0 N–H and O–H groups in total. The summed E-state index contributed by atoms with van der Waals surface area (Å²) in [7, 11) is 0. The number of imidazole rings is 1. The van der Waals surface area contributed by atoms with Crippen LogP contribution in [0.1, 0.15) is 34.6 Å². The zero-order valence-electron chi connectivity index (χ0n) is 13.5. The van der Waals surface area contributed by atoms with E-state index in [1.807, 2.05) is 31.5 Å². The molecule has 0 fully saturated rings. The molecule has 0 saturated carbocycles. The molecule has 0 aromatic carbocycles. The van der Waals surface area contributed by atoms with Crippen molar-refractivity contribution in [3.63, 3.8) is 0 Å². The normalized spacial score (nSPS) is 13.0. The van der Waals surface area contributed by atoms with Gasteiger partial charge in [-0.3, -0.25) is 4.79 Å². The summed E-state index contributed by atoms with van der Waals surface area (Å²) in [5.74, 6) is 0.218. The minimum absolute atomic E-state index is 0.188. The Morgan fingerprint density at radius 2 is 2.00 bits per heavy atom. The first-order valence-electron chi connectivity index (χ1n) is 7.25. The summed E-state index contributed by atoms with van der Waals surface area (Å²) in [5, 5.41) is -0.188. The van der Waals surface area contributed by atoms with Crippen molar-refractivity contribution in [2.24, 2.45) is 5.41 Å². The molecule has 1 rings (SSSR count). The Labute approximate surface area is 137 Å². The lowest BCUT2D eigenvalue weighted by Gasteiger charge is -2.28. The van der Waals surface area contributed by atoms with E-state index in [1.165, 1.54) is 11.8 Å². The second kappa shape index (κ2) is 7.94. The highest BCUT2D eigenvalue weighted by molar-refractivity contribution is 8.23. The maximum Gasteiger partial charge on any atom is 0.153 e. The van der Waals surface area contributed by atoms with Gasteiger partial charge in [0.15, 0.2) is 5.78 Å². The van der Waals surface area contributed by atoms with Crippen LogP contribution >= 0.6 is 24.0 Å². The first kappa shape index (κ1) is 18.2. The van der Waals surface area contributed by atoms with E-state index in [9.17, 15) is 4.79 Å². The second-order valence-corrected chi connectivity index (χ2v) is 7.75. The van der Waals surface area contributed by atoms with Crippen molar-refractivity contribution in [2.75, 3.05) is 13.1 Å². The fourth-order valence-electron chi connectivity index (χ4n) is 1.92. The zero-order valence-corrected chi connectivity index (χ0v) is 15.1. The van der Waals surface area contributed by atoms with Crippen molar-refractivity contribution in [2.45, 2.75) is 46.4 Å². The Kier molecular flexibility index (Phi) is 6.87. The molecule has 1 unspecified atom stereocenters. The quantitative estimate of drug-likeness (QED) is 0.750. The number of rotatable bonds is 6. The molecule has 1 aromatic rings. The van der Waals surface area contributed by atoms with Gasteiger partial charge in [0.1, 0.15) is 4.32 Å². The third-order valence-corrected chi connectivity index (χ3v) is 4.89. The van der Waals surface area contributed by atoms with Crippen molar-refractivity contribution >= 4 is 34.1 Å². The summed E-state index contributed by atoms with van der Waals surface area (Å²) < 4.78 is 2.73. The van der Waals surface area contributed by atoms with Crippen LogP contribution in [0, 0.1) is 5.41 Å². The topological polar surface area (TPSA) is 38.1 Å². The number of nitrogens with zero attached hydrogens (tertiary/aromatic N) is 3. The molecule has 0 aliphatic heterocycles. The molecular formula is C15H25N3OS2. The Balaban J connectivity index is 2.86. The van der Waals surface area contributed by atoms with E-state index in [0.717, 1.165) is 17.4 Å². The van der Waals surface area contributed by atoms with E-state index in [0.29, 0.717) is 6.54 Å². The van der Waals surface area contributed by atoms with Crippen molar-refractivity contribution in [3.05, 3.63) is 18.7 Å². The standard InChI is InChI=1S/C15H25N3OS2/c1-6-18(7-2)14(20)21-12(13(19)15(3,4)5)10-17-9-8-16-11-17/h8-9,11-12H,6-7,10H2,1-5H3. The van der Waals surface area contributed by atoms with Gasteiger partial charge in [-0.1, -0.05) is 44.8 Å². The van der Waals surface area contributed by atoms with Gasteiger partial charge in [-0.05, 0) is 13.8 Å². The molecule has 4 nitrogen and oxygen atoms in total. The average Bonchev–Trinajstić information content (AvgIpc) is 2.90. The van der Waals surface area contributed by atoms with Crippen molar-refractivity contribution in [1.82, 2.24) is 14.5 Å². The minimum atomic E-state index is -0.378. The van der Waals surface area contributed by atoms with E-state index in [2.05, 4.69) is 23.7 Å². The van der Waals surface area contributed by atoms with Gasteiger partial charge in [0, 0.05) is 37.4 Å². The fraction of sp³-hybridized carbons (Fsp3) is 0.667. The smallest absolute Gasteiger partial charge is 0.153 e. The van der Waals surface area contributed by atoms with Crippen LogP contribution in [0.2, 0.25) is 0 Å². The number of Topliss-reactive ketones (excluding diaryl/α,β-unsaturated/α-hetero) is 1. The average molecular weight is 328 g/mol. The van der Waals surface area contributed by atoms with E-state index in [4.69, 9.17) is 12.2 Å². The van der Waals surface area contributed by atoms with Gasteiger partial charge in [-0.25, -0.2) is 4.98 Å². The predicted molar refractivity (Wildman–Crippen MR) is 93.6 cm³/mol. The Hall–Kier alpha value is -0.880. The first-order chi connectivity index (χ1) is 9.79. The summed E-state index contributed by atoms with van der Waals surface area (Å²) in [6.45, 7) is 12.3. The number of aromatic nitrogens is 2. The van der Waals surface area contributed by atoms with E-state index < -0.39 is 0 Å². The molecule has 6 heteroatoms. The number of ketones is 1. The maximum absolute atomic E-state index is 12.7. The molecule has 1 atom stereocenters. The molecule has 0 spiro atoms. The minimum Gasteiger partial charge on any atom is -0.358 e. The van der Waals surface area contributed by atoms with Crippen LogP contribution in [0.5, 0.6) is 0 Å². The Morgan fingerprint density at radius 1 is 1.38 bits per heavy atom. The van der Waals surface area contributed by atoms with Crippen LogP contribution in [0.4, 0.5) is 0 Å². The second-order valence-electron chi connectivity index (χ2n) is 5.92. The molecule has 1 aromatic heterocycles. The van der Waals surface area contributed by atoms with E-state index in [1.54, 1.807) is 12.5 Å². The van der Waals surface area contributed by atoms with Gasteiger partial charge in [-0.2, -0.15) is 0 Å². The van der Waals surface area contributed by atoms with Crippen LogP contribution in [0.3, 0.4) is 0 Å². The molecule has 0 aliphatic rings. The van der Waals surface area contributed by atoms with Crippen LogP contribution < -0.4 is 0 Å². The summed E-state index contributed by atoms with van der Waals surface area (Å²) in [5.41, 5.74) is -0.378. The lowest BCUT2D eigenvalue weighted by Crippen LogP contribution is -2.36. The summed E-state index contributed by atoms with van der Waals surface area (Å²) in [4.78, 5) is 18.8. The highest BCUT2D eigenvalue weighted by Gasteiger charge is 2.31. The zero-order chi connectivity index (χ0) is 16.0. The lowest BCUT2D eigenvalue weighted by molar-refractivity contribution is -0.125. The van der Waals surface area contributed by atoms with Crippen molar-refractivity contribution in [3.8, 4) is 0 Å². The SMILES string of the molecule is CCN(CC)C(=S)SC(Cn1ccnc1)C(=O)C(C)(C)C. The van der Waals surface area contributed by atoms with Gasteiger partial charge in [0.05, 0.1) is 11.6 Å². The van der Waals surface area contributed by atoms with Gasteiger partial charge >= 0.3 is 0 Å². The summed E-state index contributed by atoms with van der Waals surface area (Å²) in [6, 6.07) is 0. The van der Waals surface area contributed by atoms with Gasteiger partial charge in [0.2, 0.25) is 0 Å². The van der Waals surface area contributed by atoms with Crippen LogP contribution in [-0.2, 0) is 11.3 Å². The number of hydrogen-bond donors (Lipinski definition) is 0. The maximum atomic E-state index is 12.7. The Morgan fingerprint density at radius 3 is 2.43 bits per heavy atom. The van der Waals surface area contributed by atoms with Gasteiger partial charge < -0.3 is 9.47 Å². The molecule has 0 radical (unpaired) electrons. The highest BCUT2D eigenvalue weighted by Crippen LogP contribution is 2.27. The molecule has 21 heavy (non-hydrogen) atoms. The molecule has 0 aliphatic carbocycles. The summed E-state index contributed by atoms with van der Waals surface area (Å²) >= 11 is 6.99. The van der Waals surface area contributed by atoms with Crippen molar-refractivity contribution in [1.29, 1.82) is 0 Å². The fourth-order valence-corrected chi connectivity index (χ4v) is 3.89. The lowest BCUT2D eigenvalue weighted by atomic mass is 9.89. The molecular weight excluding hydrogens is 302 g/mol. The third-order valence-electron chi connectivity index (χ3n) is 3.23. The van der Waals surface area contributed by atoms with Crippen molar-refractivity contribution < 1.29 is 4.79 Å². The van der Waals surface area contributed by atoms with E-state index in [-0.39, 0.29) is 16.4 Å². The number of thiocarbonyl (C=S) groups is 1. The van der Waals surface area contributed by atoms with Gasteiger partial charge in [-0.15, -0.1) is 0 Å². The predicted octanol–water partition coefficient (Wildman–Crippen LogP) is 3.23. The van der Waals surface area contributed by atoms with Crippen LogP contribution in [0.15, 0.2) is 18.7 Å². The molecule has 0 saturated heterocycles. The van der Waals surface area contributed by atoms with Gasteiger partial charge in [0.25, 0.3) is 0 Å². The molecule has 118 valence electrons. The number of carbonyl (C=O) groups is 1. The summed E-state index contributed by atoms with van der Waals surface area (Å²) in [6.07, 6.45) is 5.35. The number of hydrogen-bond acceptors (Lipinski definition) is 4. The molecule has 0 amide bonds. The van der Waals surface area contributed by atoms with E-state index >= 15 is 0 Å². The third kappa shape index (κ3) is 5.43. The van der Waals surface area contributed by atoms with Crippen LogP contribution in [0.25, 0.3) is 0 Å². The number of carbonyl (C=O) groups excluding carboxylic acids is 1. The molecule has 1 heterocycles. The highest BCUT2D eigenvalue weighted by atomic mass is 32.2. The first-order valence-corrected chi connectivity index (χ1v) is 8.54. The van der Waals surface area contributed by atoms with Crippen LogP contribution in [-0.4, -0.2) is 42.9 Å². The largest absolute Gasteiger partial charge is 0.358 e.